The maximum atomic E-state index is 13.1. The summed E-state index contributed by atoms with van der Waals surface area (Å²) in [7, 11) is 0. The molecule has 0 saturated heterocycles. The molecule has 6 nitrogen and oxygen atoms in total. The van der Waals surface area contributed by atoms with Crippen LogP contribution in [0.3, 0.4) is 0 Å². The number of benzene rings is 1. The van der Waals surface area contributed by atoms with Gasteiger partial charge in [-0.25, -0.2) is 14.2 Å². The monoisotopic (exact) mass is 416 g/mol. The molecule has 0 radical (unpaired) electrons. The number of carboxylic acids is 1. The molecule has 2 N–H and O–H groups in total. The lowest BCUT2D eigenvalue weighted by Gasteiger charge is -2.08. The van der Waals surface area contributed by atoms with E-state index in [1.807, 2.05) is 0 Å². The van der Waals surface area contributed by atoms with Gasteiger partial charge in [0.2, 0.25) is 0 Å². The highest BCUT2D eigenvalue weighted by atomic mass is 32.1. The van der Waals surface area contributed by atoms with E-state index in [4.69, 9.17) is 16.3 Å². The van der Waals surface area contributed by atoms with Gasteiger partial charge in [-0.05, 0) is 18.7 Å². The summed E-state index contributed by atoms with van der Waals surface area (Å²) in [5.41, 5.74) is 0.477. The number of nitrogens with one attached hydrogen (secondary N) is 1. The molecule has 0 bridgehead atoms. The van der Waals surface area contributed by atoms with Gasteiger partial charge in [0.1, 0.15) is 10.8 Å². The zero-order valence-electron chi connectivity index (χ0n) is 14.5. The van der Waals surface area contributed by atoms with Gasteiger partial charge < -0.3 is 10.4 Å². The molecule has 150 valence electrons. The number of aromatic nitrogens is 1. The van der Waals surface area contributed by atoms with Crippen LogP contribution in [0, 0.1) is 18.2 Å². The smallest absolute Gasteiger partial charge is 0.475 e. The van der Waals surface area contributed by atoms with E-state index in [0.717, 1.165) is 34.6 Å². The van der Waals surface area contributed by atoms with Gasteiger partial charge in [0.25, 0.3) is 0 Å². The van der Waals surface area contributed by atoms with Gasteiger partial charge in [0.05, 0.1) is 10.2 Å². The molecular weight excluding hydrogens is 400 g/mol. The Bertz CT molecular complexity index is 899. The van der Waals surface area contributed by atoms with Crippen LogP contribution in [0.25, 0.3) is 10.2 Å². The second kappa shape index (κ2) is 9.07. The zero-order chi connectivity index (χ0) is 20.8. The van der Waals surface area contributed by atoms with E-state index >= 15 is 0 Å². The average Bonchev–Trinajstić information content (AvgIpc) is 3.27. The van der Waals surface area contributed by atoms with Crippen LogP contribution in [-0.2, 0) is 11.3 Å². The fraction of sp³-hybridized carbons (Fsp3) is 0.412. The van der Waals surface area contributed by atoms with Crippen molar-refractivity contribution in [3.63, 3.8) is 0 Å². The number of thiazole rings is 1. The number of rotatable bonds is 7. The van der Waals surface area contributed by atoms with Crippen molar-refractivity contribution < 1.29 is 27.5 Å². The molecule has 2 heterocycles. The molecule has 0 fully saturated rings. The Morgan fingerprint density at radius 3 is 2.57 bits per heavy atom. The number of halogens is 4. The molecule has 0 saturated carbocycles. The normalized spacial score (nSPS) is 14.2. The standard InChI is InChI=1S/C15H15FN4S.C2HF3O2/c1-2-3-6-15(19-20-15)7-8-17-10-14-18-12-9-11(16)4-5-13(12)21-14;3-2(4,5)1(6)7/h1,4-5,9,17H,3,6-8,10H2;(H,6,7). The van der Waals surface area contributed by atoms with E-state index in [0.29, 0.717) is 13.0 Å². The topological polar surface area (TPSA) is 86.9 Å². The van der Waals surface area contributed by atoms with Crippen LogP contribution in [0.1, 0.15) is 24.3 Å². The second-order valence-electron chi connectivity index (χ2n) is 5.84. The number of terminal acetylenes is 1. The van der Waals surface area contributed by atoms with Gasteiger partial charge >= 0.3 is 12.1 Å². The van der Waals surface area contributed by atoms with E-state index in [1.54, 1.807) is 17.4 Å². The molecule has 1 aliphatic heterocycles. The minimum atomic E-state index is -5.08. The molecule has 0 atom stereocenters. The van der Waals surface area contributed by atoms with E-state index in [1.165, 1.54) is 12.1 Å². The van der Waals surface area contributed by atoms with Crippen LogP contribution in [0.5, 0.6) is 0 Å². The highest BCUT2D eigenvalue weighted by molar-refractivity contribution is 7.18. The van der Waals surface area contributed by atoms with Crippen LogP contribution >= 0.6 is 11.3 Å². The summed E-state index contributed by atoms with van der Waals surface area (Å²) in [5, 5.41) is 19.6. The first-order valence-corrected chi connectivity index (χ1v) is 8.90. The van der Waals surface area contributed by atoms with Crippen LogP contribution in [0.2, 0.25) is 0 Å². The summed E-state index contributed by atoms with van der Waals surface area (Å²) < 4.78 is 45.8. The lowest BCUT2D eigenvalue weighted by atomic mass is 10.0. The Hall–Kier alpha value is -2.58. The van der Waals surface area contributed by atoms with Gasteiger partial charge in [0, 0.05) is 31.9 Å². The predicted octanol–water partition coefficient (Wildman–Crippen LogP) is 4.12. The third-order valence-electron chi connectivity index (χ3n) is 3.67. The lowest BCUT2D eigenvalue weighted by molar-refractivity contribution is -0.192. The van der Waals surface area contributed by atoms with Crippen LogP contribution < -0.4 is 5.32 Å². The van der Waals surface area contributed by atoms with Gasteiger partial charge in [-0.3, -0.25) is 0 Å². The summed E-state index contributed by atoms with van der Waals surface area (Å²) in [4.78, 5) is 13.3. The number of nitrogens with zero attached hydrogens (tertiary/aromatic N) is 3. The quantitative estimate of drug-likeness (QED) is 0.404. The maximum Gasteiger partial charge on any atom is 0.490 e. The zero-order valence-corrected chi connectivity index (χ0v) is 15.3. The molecule has 11 heteroatoms. The van der Waals surface area contributed by atoms with Crippen molar-refractivity contribution in [1.82, 2.24) is 10.3 Å². The van der Waals surface area contributed by atoms with Crippen LogP contribution in [0.15, 0.2) is 28.4 Å². The lowest BCUT2D eigenvalue weighted by Crippen LogP contribution is -2.22. The van der Waals surface area contributed by atoms with E-state index in [9.17, 15) is 17.6 Å². The maximum absolute atomic E-state index is 13.1. The van der Waals surface area contributed by atoms with Crippen molar-refractivity contribution in [1.29, 1.82) is 0 Å². The Morgan fingerprint density at radius 1 is 1.32 bits per heavy atom. The highest BCUT2D eigenvalue weighted by Gasteiger charge is 2.38. The third-order valence-corrected chi connectivity index (χ3v) is 4.70. The minimum absolute atomic E-state index is 0.240. The van der Waals surface area contributed by atoms with Crippen LogP contribution in [0.4, 0.5) is 17.6 Å². The molecule has 28 heavy (non-hydrogen) atoms. The third kappa shape index (κ3) is 6.54. The van der Waals surface area contributed by atoms with E-state index in [2.05, 4.69) is 26.4 Å². The van der Waals surface area contributed by atoms with Crippen molar-refractivity contribution >= 4 is 27.5 Å². The van der Waals surface area contributed by atoms with Crippen molar-refractivity contribution in [2.75, 3.05) is 6.54 Å². The predicted molar refractivity (Wildman–Crippen MR) is 95.2 cm³/mol. The van der Waals surface area contributed by atoms with Gasteiger partial charge in [-0.1, -0.05) is 0 Å². The molecule has 0 spiro atoms. The van der Waals surface area contributed by atoms with Crippen molar-refractivity contribution in [2.45, 2.75) is 37.6 Å². The minimum Gasteiger partial charge on any atom is -0.475 e. The summed E-state index contributed by atoms with van der Waals surface area (Å²) in [6.07, 6.45) is 2.56. The molecule has 0 aliphatic carbocycles. The van der Waals surface area contributed by atoms with Crippen molar-refractivity contribution in [3.8, 4) is 12.3 Å². The van der Waals surface area contributed by atoms with E-state index < -0.39 is 12.1 Å². The SMILES string of the molecule is C#CCCC1(CCNCc2nc3cc(F)ccc3s2)N=N1.O=C(O)C(F)(F)F. The first kappa shape index (κ1) is 21.7. The van der Waals surface area contributed by atoms with Gasteiger partial charge in [0.15, 0.2) is 5.66 Å². The number of carboxylic acid groups (broad SMARTS) is 1. The number of hydrogen-bond acceptors (Lipinski definition) is 6. The molecular formula is C17H16F4N4O2S. The van der Waals surface area contributed by atoms with Crippen molar-refractivity contribution in [2.24, 2.45) is 10.2 Å². The fourth-order valence-corrected chi connectivity index (χ4v) is 3.09. The first-order valence-electron chi connectivity index (χ1n) is 8.08. The van der Waals surface area contributed by atoms with Crippen molar-refractivity contribution in [3.05, 3.63) is 29.0 Å². The number of fused-ring (bicyclic) bond motifs is 1. The Balaban J connectivity index is 0.000000345. The molecule has 2 aromatic rings. The number of carbonyl (C=O) groups is 1. The molecule has 1 aromatic carbocycles. The summed E-state index contributed by atoms with van der Waals surface area (Å²) >= 11 is 1.58. The molecule has 0 amide bonds. The molecule has 3 rings (SSSR count). The van der Waals surface area contributed by atoms with Crippen LogP contribution in [-0.4, -0.2) is 34.4 Å². The first-order chi connectivity index (χ1) is 13.1. The summed E-state index contributed by atoms with van der Waals surface area (Å²) in [5.74, 6) is -0.387. The summed E-state index contributed by atoms with van der Waals surface area (Å²) in [6.45, 7) is 1.48. The second-order valence-corrected chi connectivity index (χ2v) is 6.95. The number of hydrogen-bond donors (Lipinski definition) is 2. The molecule has 1 aromatic heterocycles. The molecule has 1 aliphatic rings. The Kier molecular flexibility index (Phi) is 7.04. The van der Waals surface area contributed by atoms with Gasteiger partial charge in [-0.2, -0.15) is 23.4 Å². The molecule has 0 unspecified atom stereocenters. The average molecular weight is 416 g/mol. The number of aliphatic carboxylic acids is 1. The Labute approximate surface area is 161 Å². The van der Waals surface area contributed by atoms with Gasteiger partial charge in [-0.15, -0.1) is 23.7 Å². The fourth-order valence-electron chi connectivity index (χ4n) is 2.18. The van der Waals surface area contributed by atoms with E-state index in [-0.39, 0.29) is 11.5 Å². The number of alkyl halides is 3. The summed E-state index contributed by atoms with van der Waals surface area (Å²) in [6, 6.07) is 4.69. The largest absolute Gasteiger partial charge is 0.490 e. The highest BCUT2D eigenvalue weighted by Crippen LogP contribution is 2.36. The Morgan fingerprint density at radius 2 is 2.00 bits per heavy atom.